The van der Waals surface area contributed by atoms with Crippen LogP contribution in [-0.2, 0) is 4.79 Å². The van der Waals surface area contributed by atoms with Crippen LogP contribution in [0.2, 0.25) is 5.15 Å². The molecule has 0 aliphatic carbocycles. The molecular formula is C11H18ClN5O. The maximum absolute atomic E-state index is 11.7. The van der Waals surface area contributed by atoms with E-state index in [1.165, 1.54) is 4.90 Å². The van der Waals surface area contributed by atoms with E-state index in [2.05, 4.69) is 9.97 Å². The van der Waals surface area contributed by atoms with Crippen LogP contribution in [0.1, 0.15) is 13.3 Å². The molecule has 6 nitrogen and oxygen atoms in total. The number of halogens is 1. The SMILES string of the molecule is CCCN(CC(=O)N(C)C)c1cc(Cl)nc(N)n1. The van der Waals surface area contributed by atoms with E-state index < -0.39 is 0 Å². The maximum atomic E-state index is 11.7. The van der Waals surface area contributed by atoms with E-state index in [9.17, 15) is 4.79 Å². The monoisotopic (exact) mass is 271 g/mol. The molecule has 1 amide bonds. The van der Waals surface area contributed by atoms with Gasteiger partial charge in [-0.05, 0) is 6.42 Å². The molecular weight excluding hydrogens is 254 g/mol. The van der Waals surface area contributed by atoms with E-state index in [0.717, 1.165) is 6.42 Å². The highest BCUT2D eigenvalue weighted by molar-refractivity contribution is 6.29. The van der Waals surface area contributed by atoms with Crippen molar-refractivity contribution in [2.75, 3.05) is 37.8 Å². The van der Waals surface area contributed by atoms with Crippen LogP contribution in [-0.4, -0.2) is 48.0 Å². The van der Waals surface area contributed by atoms with E-state index in [0.29, 0.717) is 12.4 Å². The standard InChI is InChI=1S/C11H18ClN5O/c1-4-5-17(7-10(18)16(2)3)9-6-8(12)14-11(13)15-9/h6H,4-5,7H2,1-3H3,(H2,13,14,15). The number of nitrogens with two attached hydrogens (primary N) is 1. The van der Waals surface area contributed by atoms with E-state index >= 15 is 0 Å². The molecule has 1 aromatic heterocycles. The summed E-state index contributed by atoms with van der Waals surface area (Å²) in [5, 5.41) is 0.274. The Bertz CT molecular complexity index is 404. The van der Waals surface area contributed by atoms with Crippen molar-refractivity contribution in [2.45, 2.75) is 13.3 Å². The second-order valence-corrected chi connectivity index (χ2v) is 4.50. The molecule has 1 aromatic rings. The molecule has 7 heteroatoms. The van der Waals surface area contributed by atoms with Gasteiger partial charge in [0.1, 0.15) is 11.0 Å². The summed E-state index contributed by atoms with van der Waals surface area (Å²) in [5.74, 6) is 0.678. The van der Waals surface area contributed by atoms with Gasteiger partial charge < -0.3 is 15.5 Å². The Morgan fingerprint density at radius 3 is 2.61 bits per heavy atom. The minimum atomic E-state index is -0.00300. The van der Waals surface area contributed by atoms with Crippen molar-refractivity contribution in [2.24, 2.45) is 0 Å². The lowest BCUT2D eigenvalue weighted by molar-refractivity contribution is -0.127. The Balaban J connectivity index is 2.93. The number of aromatic nitrogens is 2. The van der Waals surface area contributed by atoms with E-state index in [1.54, 1.807) is 20.2 Å². The molecule has 0 spiro atoms. The zero-order valence-corrected chi connectivity index (χ0v) is 11.6. The molecule has 0 aliphatic heterocycles. The fourth-order valence-electron chi connectivity index (χ4n) is 1.43. The summed E-state index contributed by atoms with van der Waals surface area (Å²) in [4.78, 5) is 23.0. The van der Waals surface area contributed by atoms with Crippen LogP contribution in [0, 0.1) is 0 Å². The molecule has 0 fully saturated rings. The van der Waals surface area contributed by atoms with E-state index in [1.807, 2.05) is 11.8 Å². The summed E-state index contributed by atoms with van der Waals surface area (Å²) in [6.45, 7) is 2.97. The molecule has 2 N–H and O–H groups in total. The van der Waals surface area contributed by atoms with E-state index in [-0.39, 0.29) is 23.6 Å². The van der Waals surface area contributed by atoms with Crippen LogP contribution < -0.4 is 10.6 Å². The average molecular weight is 272 g/mol. The van der Waals surface area contributed by atoms with Crippen LogP contribution in [0.5, 0.6) is 0 Å². The second-order valence-electron chi connectivity index (χ2n) is 4.12. The second kappa shape index (κ2) is 6.39. The molecule has 1 heterocycles. The van der Waals surface area contributed by atoms with Gasteiger partial charge in [0, 0.05) is 26.7 Å². The summed E-state index contributed by atoms with van der Waals surface area (Å²) >= 11 is 5.84. The summed E-state index contributed by atoms with van der Waals surface area (Å²) in [7, 11) is 3.43. The fraction of sp³-hybridized carbons (Fsp3) is 0.545. The third kappa shape index (κ3) is 4.03. The number of hydrogen-bond acceptors (Lipinski definition) is 5. The number of carbonyl (C=O) groups is 1. The van der Waals surface area contributed by atoms with Crippen LogP contribution in [0.4, 0.5) is 11.8 Å². The quantitative estimate of drug-likeness (QED) is 0.809. The van der Waals surface area contributed by atoms with Gasteiger partial charge in [-0.25, -0.2) is 4.98 Å². The number of nitrogens with zero attached hydrogens (tertiary/aromatic N) is 4. The largest absolute Gasteiger partial charge is 0.368 e. The topological polar surface area (TPSA) is 75.4 Å². The molecule has 0 saturated carbocycles. The Morgan fingerprint density at radius 2 is 2.11 bits per heavy atom. The number of hydrogen-bond donors (Lipinski definition) is 1. The van der Waals surface area contributed by atoms with Gasteiger partial charge in [-0.1, -0.05) is 18.5 Å². The third-order valence-electron chi connectivity index (χ3n) is 2.34. The normalized spacial score (nSPS) is 10.2. The Morgan fingerprint density at radius 1 is 1.44 bits per heavy atom. The molecule has 0 aromatic carbocycles. The first-order valence-electron chi connectivity index (χ1n) is 5.69. The highest BCUT2D eigenvalue weighted by Gasteiger charge is 2.14. The number of carbonyl (C=O) groups excluding carboxylic acids is 1. The number of amides is 1. The minimum Gasteiger partial charge on any atom is -0.368 e. The zero-order valence-electron chi connectivity index (χ0n) is 10.9. The zero-order chi connectivity index (χ0) is 13.7. The molecule has 0 unspecified atom stereocenters. The first kappa shape index (κ1) is 14.5. The van der Waals surface area contributed by atoms with Gasteiger partial charge >= 0.3 is 0 Å². The lowest BCUT2D eigenvalue weighted by Crippen LogP contribution is -2.37. The van der Waals surface area contributed by atoms with Gasteiger partial charge in [-0.15, -0.1) is 0 Å². The molecule has 0 atom stereocenters. The van der Waals surface area contributed by atoms with Crippen LogP contribution >= 0.6 is 11.6 Å². The molecule has 1 rings (SSSR count). The van der Waals surface area contributed by atoms with Crippen LogP contribution in [0.3, 0.4) is 0 Å². The first-order chi connectivity index (χ1) is 8.43. The summed E-state index contributed by atoms with van der Waals surface area (Å²) < 4.78 is 0. The highest BCUT2D eigenvalue weighted by atomic mass is 35.5. The third-order valence-corrected chi connectivity index (χ3v) is 2.53. The van der Waals surface area contributed by atoms with Gasteiger partial charge in [0.05, 0.1) is 6.54 Å². The minimum absolute atomic E-state index is 0.00300. The van der Waals surface area contributed by atoms with Gasteiger partial charge in [-0.3, -0.25) is 4.79 Å². The van der Waals surface area contributed by atoms with Crippen molar-refractivity contribution in [1.29, 1.82) is 0 Å². The predicted octanol–water partition coefficient (Wildman–Crippen LogP) is 1.02. The lowest BCUT2D eigenvalue weighted by Gasteiger charge is -2.24. The van der Waals surface area contributed by atoms with E-state index in [4.69, 9.17) is 17.3 Å². The predicted molar refractivity (Wildman–Crippen MR) is 72.7 cm³/mol. The molecule has 18 heavy (non-hydrogen) atoms. The number of nitrogen functional groups attached to an aromatic ring is 1. The van der Waals surface area contributed by atoms with Crippen molar-refractivity contribution < 1.29 is 4.79 Å². The van der Waals surface area contributed by atoms with Gasteiger partial charge in [0.15, 0.2) is 0 Å². The molecule has 0 radical (unpaired) electrons. The molecule has 100 valence electrons. The molecule has 0 saturated heterocycles. The van der Waals surface area contributed by atoms with Crippen molar-refractivity contribution in [1.82, 2.24) is 14.9 Å². The van der Waals surface area contributed by atoms with Crippen molar-refractivity contribution in [3.63, 3.8) is 0 Å². The number of likely N-dealkylation sites (N-methyl/N-ethyl adjacent to an activating group) is 1. The summed E-state index contributed by atoms with van der Waals surface area (Å²) in [6, 6.07) is 1.61. The van der Waals surface area contributed by atoms with Crippen LogP contribution in [0.25, 0.3) is 0 Å². The van der Waals surface area contributed by atoms with Gasteiger partial charge in [-0.2, -0.15) is 4.98 Å². The first-order valence-corrected chi connectivity index (χ1v) is 6.07. The van der Waals surface area contributed by atoms with Crippen LogP contribution in [0.15, 0.2) is 6.07 Å². The van der Waals surface area contributed by atoms with Gasteiger partial charge in [0.25, 0.3) is 0 Å². The highest BCUT2D eigenvalue weighted by Crippen LogP contribution is 2.17. The Labute approximate surface area is 112 Å². The van der Waals surface area contributed by atoms with Gasteiger partial charge in [0.2, 0.25) is 11.9 Å². The Kier molecular flexibility index (Phi) is 5.15. The average Bonchev–Trinajstić information content (AvgIpc) is 2.26. The number of rotatable bonds is 5. The lowest BCUT2D eigenvalue weighted by atomic mass is 10.3. The summed E-state index contributed by atoms with van der Waals surface area (Å²) in [6.07, 6.45) is 0.891. The maximum Gasteiger partial charge on any atom is 0.241 e. The number of anilines is 2. The fourth-order valence-corrected chi connectivity index (χ4v) is 1.62. The molecule has 0 bridgehead atoms. The smallest absolute Gasteiger partial charge is 0.241 e. The van der Waals surface area contributed by atoms with Crippen molar-refractivity contribution >= 4 is 29.3 Å². The molecule has 0 aliphatic rings. The summed E-state index contributed by atoms with van der Waals surface area (Å²) in [5.41, 5.74) is 5.56. The van der Waals surface area contributed by atoms with Crippen molar-refractivity contribution in [3.05, 3.63) is 11.2 Å². The van der Waals surface area contributed by atoms with Crippen molar-refractivity contribution in [3.8, 4) is 0 Å². The Hall–Kier alpha value is -1.56.